The van der Waals surface area contributed by atoms with Gasteiger partial charge < -0.3 is 5.11 Å². The number of hydrogen-bond acceptors (Lipinski definition) is 1. The summed E-state index contributed by atoms with van der Waals surface area (Å²) in [5, 5.41) is 9.99. The number of benzene rings is 1. The van der Waals surface area contributed by atoms with Gasteiger partial charge in [0.1, 0.15) is 11.6 Å². The number of rotatable bonds is 5. The third kappa shape index (κ3) is 5.36. The summed E-state index contributed by atoms with van der Waals surface area (Å²) in [6.07, 6.45) is -6.22. The fourth-order valence-electron chi connectivity index (χ4n) is 1.87. The molecule has 1 rings (SSSR count). The van der Waals surface area contributed by atoms with Gasteiger partial charge >= 0.3 is 6.18 Å². The Labute approximate surface area is 121 Å². The lowest BCUT2D eigenvalue weighted by molar-refractivity contribution is -0.137. The lowest BCUT2D eigenvalue weighted by Crippen LogP contribution is -2.29. The Kier molecular flexibility index (Phi) is 5.54. The molecule has 0 fully saturated rings. The van der Waals surface area contributed by atoms with E-state index in [1.54, 1.807) is 0 Å². The van der Waals surface area contributed by atoms with Crippen molar-refractivity contribution in [3.63, 3.8) is 0 Å². The van der Waals surface area contributed by atoms with E-state index in [9.17, 15) is 27.1 Å². The van der Waals surface area contributed by atoms with E-state index in [1.165, 1.54) is 13.0 Å². The van der Waals surface area contributed by atoms with E-state index in [-0.39, 0.29) is 29.3 Å². The van der Waals surface area contributed by atoms with Crippen molar-refractivity contribution >= 4 is 15.9 Å². The van der Waals surface area contributed by atoms with Crippen LogP contribution in [0.25, 0.3) is 0 Å². The van der Waals surface area contributed by atoms with Gasteiger partial charge in [0.05, 0.1) is 10.1 Å². The first-order valence-electron chi connectivity index (χ1n) is 5.93. The SMILES string of the molecule is CC(O)(CCCC(F)(F)F)Cc1c(F)ccc(Br)c1F. The molecule has 0 spiro atoms. The zero-order valence-corrected chi connectivity index (χ0v) is 12.3. The minimum absolute atomic E-state index is 0.0417. The molecule has 0 aliphatic carbocycles. The lowest BCUT2D eigenvalue weighted by atomic mass is 9.90. The minimum Gasteiger partial charge on any atom is -0.390 e. The van der Waals surface area contributed by atoms with Gasteiger partial charge in [-0.05, 0) is 47.8 Å². The van der Waals surface area contributed by atoms with Crippen molar-refractivity contribution in [2.75, 3.05) is 0 Å². The molecule has 1 atom stereocenters. The average Bonchev–Trinajstić information content (AvgIpc) is 2.28. The van der Waals surface area contributed by atoms with Crippen molar-refractivity contribution in [2.45, 2.75) is 44.4 Å². The van der Waals surface area contributed by atoms with Gasteiger partial charge in [0.25, 0.3) is 0 Å². The first-order chi connectivity index (χ1) is 9.02. The number of hydrogen-bond donors (Lipinski definition) is 1. The van der Waals surface area contributed by atoms with E-state index in [1.807, 2.05) is 0 Å². The zero-order chi connectivity index (χ0) is 15.6. The van der Waals surface area contributed by atoms with E-state index in [2.05, 4.69) is 15.9 Å². The van der Waals surface area contributed by atoms with Crippen LogP contribution in [0.1, 0.15) is 31.7 Å². The van der Waals surface area contributed by atoms with Gasteiger partial charge in [-0.3, -0.25) is 0 Å². The van der Waals surface area contributed by atoms with Gasteiger partial charge in [0, 0.05) is 18.4 Å². The van der Waals surface area contributed by atoms with E-state index in [4.69, 9.17) is 0 Å². The van der Waals surface area contributed by atoms with Crippen LogP contribution in [0.15, 0.2) is 16.6 Å². The molecule has 1 aromatic rings. The standard InChI is InChI=1S/C13H14BrF5O/c1-12(20,5-2-6-13(17,18)19)7-8-10(15)4-3-9(14)11(8)16/h3-4,20H,2,5-7H2,1H3. The molecule has 7 heteroatoms. The maximum atomic E-state index is 13.7. The summed E-state index contributed by atoms with van der Waals surface area (Å²) in [7, 11) is 0. The highest BCUT2D eigenvalue weighted by molar-refractivity contribution is 9.10. The van der Waals surface area contributed by atoms with Crippen LogP contribution in [0.3, 0.4) is 0 Å². The summed E-state index contributed by atoms with van der Waals surface area (Å²) in [5.74, 6) is -1.68. The second-order valence-corrected chi connectivity index (χ2v) is 5.82. The Hall–Kier alpha value is -0.690. The number of halogens is 6. The number of alkyl halides is 3. The molecule has 1 nitrogen and oxygen atoms in total. The minimum atomic E-state index is -4.30. The van der Waals surface area contributed by atoms with E-state index in [0.717, 1.165) is 6.07 Å². The normalized spacial score (nSPS) is 15.2. The Morgan fingerprint density at radius 2 is 1.75 bits per heavy atom. The third-order valence-corrected chi connectivity index (χ3v) is 3.48. The third-order valence-electron chi connectivity index (χ3n) is 2.87. The molecule has 20 heavy (non-hydrogen) atoms. The van der Waals surface area contributed by atoms with E-state index in [0.29, 0.717) is 0 Å². The fraction of sp³-hybridized carbons (Fsp3) is 0.538. The van der Waals surface area contributed by atoms with Crippen molar-refractivity contribution in [2.24, 2.45) is 0 Å². The summed E-state index contributed by atoms with van der Waals surface area (Å²) in [6.45, 7) is 1.27. The molecule has 0 radical (unpaired) electrons. The molecule has 1 aromatic carbocycles. The molecule has 0 saturated carbocycles. The molecule has 0 amide bonds. The van der Waals surface area contributed by atoms with Crippen LogP contribution in [0.5, 0.6) is 0 Å². The lowest BCUT2D eigenvalue weighted by Gasteiger charge is -2.24. The van der Waals surface area contributed by atoms with Gasteiger partial charge in [-0.1, -0.05) is 0 Å². The largest absolute Gasteiger partial charge is 0.390 e. The van der Waals surface area contributed by atoms with Gasteiger partial charge in [0.2, 0.25) is 0 Å². The quantitative estimate of drug-likeness (QED) is 0.593. The predicted octanol–water partition coefficient (Wildman–Crippen LogP) is 4.75. The molecule has 0 saturated heterocycles. The summed E-state index contributed by atoms with van der Waals surface area (Å²) in [4.78, 5) is 0. The van der Waals surface area contributed by atoms with Crippen LogP contribution in [0, 0.1) is 11.6 Å². The van der Waals surface area contributed by atoms with Crippen molar-refractivity contribution in [1.29, 1.82) is 0 Å². The van der Waals surface area contributed by atoms with Gasteiger partial charge in [-0.15, -0.1) is 0 Å². The van der Waals surface area contributed by atoms with Crippen LogP contribution >= 0.6 is 15.9 Å². The van der Waals surface area contributed by atoms with Gasteiger partial charge in [-0.25, -0.2) is 8.78 Å². The summed E-state index contributed by atoms with van der Waals surface area (Å²) in [6, 6.07) is 2.22. The highest BCUT2D eigenvalue weighted by Crippen LogP contribution is 2.29. The predicted molar refractivity (Wildman–Crippen MR) is 68.3 cm³/mol. The molecule has 114 valence electrons. The first kappa shape index (κ1) is 17.4. The summed E-state index contributed by atoms with van der Waals surface area (Å²) >= 11 is 2.89. The van der Waals surface area contributed by atoms with Crippen LogP contribution < -0.4 is 0 Å². The topological polar surface area (TPSA) is 20.2 Å². The van der Waals surface area contributed by atoms with Crippen LogP contribution in [0.4, 0.5) is 22.0 Å². The monoisotopic (exact) mass is 360 g/mol. The maximum absolute atomic E-state index is 13.7. The van der Waals surface area contributed by atoms with Crippen molar-refractivity contribution in [3.05, 3.63) is 33.8 Å². The maximum Gasteiger partial charge on any atom is 0.389 e. The second kappa shape index (κ2) is 6.39. The second-order valence-electron chi connectivity index (χ2n) is 4.96. The Bertz CT molecular complexity index is 471. The molecule has 0 aliphatic rings. The van der Waals surface area contributed by atoms with Gasteiger partial charge in [-0.2, -0.15) is 13.2 Å². The number of aliphatic hydroxyl groups is 1. The fourth-order valence-corrected chi connectivity index (χ4v) is 2.24. The molecular weight excluding hydrogens is 347 g/mol. The van der Waals surface area contributed by atoms with E-state index < -0.39 is 29.8 Å². The first-order valence-corrected chi connectivity index (χ1v) is 6.73. The molecule has 0 bridgehead atoms. The van der Waals surface area contributed by atoms with Crippen LogP contribution in [-0.2, 0) is 6.42 Å². The van der Waals surface area contributed by atoms with Crippen molar-refractivity contribution in [1.82, 2.24) is 0 Å². The molecule has 0 aliphatic heterocycles. The molecule has 1 unspecified atom stereocenters. The molecule has 1 N–H and O–H groups in total. The highest BCUT2D eigenvalue weighted by Gasteiger charge is 2.30. The highest BCUT2D eigenvalue weighted by atomic mass is 79.9. The van der Waals surface area contributed by atoms with E-state index >= 15 is 0 Å². The Morgan fingerprint density at radius 3 is 2.30 bits per heavy atom. The van der Waals surface area contributed by atoms with Crippen molar-refractivity contribution < 1.29 is 27.1 Å². The molecular formula is C13H14BrF5O. The summed E-state index contributed by atoms with van der Waals surface area (Å²) < 4.78 is 63.4. The van der Waals surface area contributed by atoms with Gasteiger partial charge in [0.15, 0.2) is 0 Å². The Balaban J connectivity index is 2.74. The molecule has 0 heterocycles. The summed E-state index contributed by atoms with van der Waals surface area (Å²) in [5.41, 5.74) is -1.94. The smallest absolute Gasteiger partial charge is 0.389 e. The Morgan fingerprint density at radius 1 is 1.15 bits per heavy atom. The van der Waals surface area contributed by atoms with Crippen molar-refractivity contribution in [3.8, 4) is 0 Å². The zero-order valence-electron chi connectivity index (χ0n) is 10.7. The molecule has 0 aromatic heterocycles. The average molecular weight is 361 g/mol. The van der Waals surface area contributed by atoms with Crippen LogP contribution in [-0.4, -0.2) is 16.9 Å². The van der Waals surface area contributed by atoms with Crippen LogP contribution in [0.2, 0.25) is 0 Å².